The summed E-state index contributed by atoms with van der Waals surface area (Å²) in [4.78, 5) is 8.96. The zero-order valence-corrected chi connectivity index (χ0v) is 14.3. The first-order valence-corrected chi connectivity index (χ1v) is 8.32. The maximum atomic E-state index is 6.04. The molecule has 122 valence electrons. The number of nitrogens with zero attached hydrogens (tertiary/aromatic N) is 2. The maximum Gasteiger partial charge on any atom is 0.221 e. The van der Waals surface area contributed by atoms with Gasteiger partial charge in [0.15, 0.2) is 0 Å². The topological polar surface area (TPSA) is 51.8 Å². The first-order valence-electron chi connectivity index (χ1n) is 8.32. The monoisotopic (exact) mass is 325 g/mol. The number of hydrogen-bond donors (Lipinski definition) is 1. The van der Waals surface area contributed by atoms with E-state index < -0.39 is 0 Å². The van der Waals surface area contributed by atoms with Crippen molar-refractivity contribution in [1.29, 1.82) is 0 Å². The molecule has 25 heavy (non-hydrogen) atoms. The zero-order chi connectivity index (χ0) is 17.4. The van der Waals surface area contributed by atoms with Crippen LogP contribution in [0.1, 0.15) is 11.1 Å². The fourth-order valence-electron chi connectivity index (χ4n) is 3.29. The SMILES string of the molecule is Cc1ccc(-c2cc(-c3cccc4ccccc34)nc(N)n2)c(C)c1. The lowest BCUT2D eigenvalue weighted by Gasteiger charge is -2.11. The first-order chi connectivity index (χ1) is 12.1. The molecule has 4 rings (SSSR count). The number of nitrogens with two attached hydrogens (primary N) is 1. The molecule has 0 aliphatic rings. The molecule has 0 atom stereocenters. The Bertz CT molecular complexity index is 1080. The lowest BCUT2D eigenvalue weighted by Crippen LogP contribution is -1.99. The van der Waals surface area contributed by atoms with Gasteiger partial charge in [-0.1, -0.05) is 66.2 Å². The molecule has 0 spiro atoms. The van der Waals surface area contributed by atoms with Crippen LogP contribution in [0.3, 0.4) is 0 Å². The summed E-state index contributed by atoms with van der Waals surface area (Å²) in [6.45, 7) is 4.19. The first kappa shape index (κ1) is 15.3. The van der Waals surface area contributed by atoms with Gasteiger partial charge in [-0.25, -0.2) is 9.97 Å². The summed E-state index contributed by atoms with van der Waals surface area (Å²) in [7, 11) is 0. The van der Waals surface area contributed by atoms with Gasteiger partial charge in [0.25, 0.3) is 0 Å². The Morgan fingerprint density at radius 2 is 1.44 bits per heavy atom. The van der Waals surface area contributed by atoms with Crippen molar-refractivity contribution in [1.82, 2.24) is 9.97 Å². The molecule has 3 nitrogen and oxygen atoms in total. The number of aromatic nitrogens is 2. The van der Waals surface area contributed by atoms with E-state index in [2.05, 4.69) is 66.3 Å². The molecule has 0 radical (unpaired) electrons. The molecule has 0 amide bonds. The van der Waals surface area contributed by atoms with E-state index in [9.17, 15) is 0 Å². The third kappa shape index (κ3) is 2.85. The fraction of sp³-hybridized carbons (Fsp3) is 0.0909. The van der Waals surface area contributed by atoms with Crippen LogP contribution >= 0.6 is 0 Å². The Morgan fingerprint density at radius 3 is 2.24 bits per heavy atom. The second-order valence-electron chi connectivity index (χ2n) is 6.34. The average molecular weight is 325 g/mol. The van der Waals surface area contributed by atoms with E-state index in [1.807, 2.05) is 24.3 Å². The number of nitrogen functional groups attached to an aromatic ring is 1. The summed E-state index contributed by atoms with van der Waals surface area (Å²) in [5, 5.41) is 2.35. The third-order valence-corrected chi connectivity index (χ3v) is 4.47. The van der Waals surface area contributed by atoms with E-state index in [4.69, 9.17) is 5.73 Å². The van der Waals surface area contributed by atoms with Crippen molar-refractivity contribution in [3.8, 4) is 22.5 Å². The highest BCUT2D eigenvalue weighted by molar-refractivity contribution is 5.96. The molecule has 0 saturated carbocycles. The van der Waals surface area contributed by atoms with Crippen molar-refractivity contribution >= 4 is 16.7 Å². The Labute approximate surface area is 147 Å². The maximum absolute atomic E-state index is 6.04. The summed E-state index contributed by atoms with van der Waals surface area (Å²) in [6.07, 6.45) is 0. The second-order valence-corrected chi connectivity index (χ2v) is 6.34. The molecule has 0 unspecified atom stereocenters. The van der Waals surface area contributed by atoms with Crippen molar-refractivity contribution in [2.75, 3.05) is 5.73 Å². The van der Waals surface area contributed by atoms with Crippen molar-refractivity contribution in [3.05, 3.63) is 77.9 Å². The lowest BCUT2D eigenvalue weighted by molar-refractivity contribution is 1.19. The van der Waals surface area contributed by atoms with Crippen LogP contribution in [0, 0.1) is 13.8 Å². The van der Waals surface area contributed by atoms with Gasteiger partial charge >= 0.3 is 0 Å². The van der Waals surface area contributed by atoms with Crippen LogP contribution in [-0.2, 0) is 0 Å². The summed E-state index contributed by atoms with van der Waals surface area (Å²) in [5.74, 6) is 0.292. The lowest BCUT2D eigenvalue weighted by atomic mass is 9.99. The highest BCUT2D eigenvalue weighted by Gasteiger charge is 2.11. The number of fused-ring (bicyclic) bond motifs is 1. The van der Waals surface area contributed by atoms with Gasteiger partial charge in [-0.05, 0) is 36.2 Å². The zero-order valence-electron chi connectivity index (χ0n) is 14.3. The van der Waals surface area contributed by atoms with Gasteiger partial charge in [-0.2, -0.15) is 0 Å². The van der Waals surface area contributed by atoms with Crippen molar-refractivity contribution in [2.24, 2.45) is 0 Å². The van der Waals surface area contributed by atoms with Gasteiger partial charge < -0.3 is 5.73 Å². The predicted octanol–water partition coefficient (Wildman–Crippen LogP) is 5.16. The Kier molecular flexibility index (Phi) is 3.69. The van der Waals surface area contributed by atoms with Gasteiger partial charge in [-0.3, -0.25) is 0 Å². The van der Waals surface area contributed by atoms with E-state index in [0.29, 0.717) is 5.95 Å². The molecule has 1 aromatic heterocycles. The Morgan fingerprint density at radius 1 is 0.720 bits per heavy atom. The summed E-state index contributed by atoms with van der Waals surface area (Å²) in [5.41, 5.74) is 12.3. The van der Waals surface area contributed by atoms with Crippen LogP contribution in [0.5, 0.6) is 0 Å². The van der Waals surface area contributed by atoms with E-state index in [1.54, 1.807) is 0 Å². The normalized spacial score (nSPS) is 11.0. The molecule has 0 saturated heterocycles. The van der Waals surface area contributed by atoms with Crippen molar-refractivity contribution in [2.45, 2.75) is 13.8 Å². The van der Waals surface area contributed by atoms with Crippen LogP contribution in [-0.4, -0.2) is 9.97 Å². The molecular weight excluding hydrogens is 306 g/mol. The molecule has 0 bridgehead atoms. The molecule has 2 N–H and O–H groups in total. The number of benzene rings is 3. The van der Waals surface area contributed by atoms with Crippen molar-refractivity contribution < 1.29 is 0 Å². The fourth-order valence-corrected chi connectivity index (χ4v) is 3.29. The summed E-state index contributed by atoms with van der Waals surface area (Å²) in [6, 6.07) is 22.9. The molecule has 4 aromatic rings. The molecule has 1 heterocycles. The third-order valence-electron chi connectivity index (χ3n) is 4.47. The van der Waals surface area contributed by atoms with Crippen molar-refractivity contribution in [3.63, 3.8) is 0 Å². The molecule has 3 aromatic carbocycles. The number of hydrogen-bond acceptors (Lipinski definition) is 3. The molecule has 0 aliphatic carbocycles. The minimum Gasteiger partial charge on any atom is -0.368 e. The largest absolute Gasteiger partial charge is 0.368 e. The minimum absolute atomic E-state index is 0.292. The van der Waals surface area contributed by atoms with Crippen LogP contribution in [0.4, 0.5) is 5.95 Å². The average Bonchev–Trinajstić information content (AvgIpc) is 2.60. The highest BCUT2D eigenvalue weighted by Crippen LogP contribution is 2.31. The van der Waals surface area contributed by atoms with Gasteiger partial charge in [0.2, 0.25) is 5.95 Å². The molecular formula is C22H19N3. The van der Waals surface area contributed by atoms with Crippen LogP contribution < -0.4 is 5.73 Å². The molecule has 3 heteroatoms. The van der Waals surface area contributed by atoms with E-state index in [0.717, 1.165) is 27.9 Å². The smallest absolute Gasteiger partial charge is 0.221 e. The van der Waals surface area contributed by atoms with E-state index in [1.165, 1.54) is 16.5 Å². The van der Waals surface area contributed by atoms with Gasteiger partial charge in [-0.15, -0.1) is 0 Å². The number of aryl methyl sites for hydroxylation is 2. The molecule has 0 fully saturated rings. The predicted molar refractivity (Wildman–Crippen MR) is 104 cm³/mol. The van der Waals surface area contributed by atoms with Crippen LogP contribution in [0.25, 0.3) is 33.3 Å². The standard InChI is InChI=1S/C22H19N3/c1-14-10-11-17(15(2)12-14)20-13-21(25-22(23)24-20)19-9-5-7-16-6-3-4-8-18(16)19/h3-13H,1-2H3,(H2,23,24,25). The van der Waals surface area contributed by atoms with Gasteiger partial charge in [0, 0.05) is 11.1 Å². The Hall–Kier alpha value is -3.20. The summed E-state index contributed by atoms with van der Waals surface area (Å²) >= 11 is 0. The van der Waals surface area contributed by atoms with E-state index >= 15 is 0 Å². The summed E-state index contributed by atoms with van der Waals surface area (Å²) < 4.78 is 0. The Balaban J connectivity index is 1.93. The molecule has 0 aliphatic heterocycles. The van der Waals surface area contributed by atoms with Crippen LogP contribution in [0.2, 0.25) is 0 Å². The number of anilines is 1. The second kappa shape index (κ2) is 6.02. The van der Waals surface area contributed by atoms with Crippen LogP contribution in [0.15, 0.2) is 66.7 Å². The van der Waals surface area contributed by atoms with E-state index in [-0.39, 0.29) is 0 Å². The van der Waals surface area contributed by atoms with Gasteiger partial charge in [0.05, 0.1) is 11.4 Å². The minimum atomic E-state index is 0.292. The quantitative estimate of drug-likeness (QED) is 0.553. The van der Waals surface area contributed by atoms with Gasteiger partial charge in [0.1, 0.15) is 0 Å². The highest BCUT2D eigenvalue weighted by atomic mass is 15.0. The number of rotatable bonds is 2.